The minimum absolute atomic E-state index is 0.376. The van der Waals surface area contributed by atoms with Gasteiger partial charge in [-0.2, -0.15) is 5.10 Å². The number of nitrogens with one attached hydrogen (secondary N) is 1. The Morgan fingerprint density at radius 2 is 1.73 bits per heavy atom. The number of rotatable bonds is 9. The SMILES string of the molecule is CCCCCOc1ccccc1-c1cc(COc2ccccc2N)[nH]n1. The zero-order valence-corrected chi connectivity index (χ0v) is 15.1. The number of nitrogens with two attached hydrogens (primary N) is 1. The highest BCUT2D eigenvalue weighted by molar-refractivity contribution is 5.67. The molecule has 0 atom stereocenters. The lowest BCUT2D eigenvalue weighted by molar-refractivity contribution is 0.303. The molecule has 0 aliphatic carbocycles. The fourth-order valence-corrected chi connectivity index (χ4v) is 2.68. The summed E-state index contributed by atoms with van der Waals surface area (Å²) in [6.45, 7) is 3.28. The zero-order chi connectivity index (χ0) is 18.2. The van der Waals surface area contributed by atoms with Gasteiger partial charge in [-0.25, -0.2) is 0 Å². The van der Waals surface area contributed by atoms with Crippen molar-refractivity contribution in [3.8, 4) is 22.8 Å². The quantitative estimate of drug-likeness (QED) is 0.429. The molecular weight excluding hydrogens is 326 g/mol. The number of hydrogen-bond acceptors (Lipinski definition) is 4. The van der Waals surface area contributed by atoms with Crippen molar-refractivity contribution in [1.29, 1.82) is 0 Å². The molecule has 3 aromatic rings. The van der Waals surface area contributed by atoms with Crippen molar-refractivity contribution in [1.82, 2.24) is 10.2 Å². The van der Waals surface area contributed by atoms with Crippen molar-refractivity contribution in [3.63, 3.8) is 0 Å². The molecule has 2 aromatic carbocycles. The molecule has 0 aliphatic rings. The third kappa shape index (κ3) is 4.57. The number of H-pyrrole nitrogens is 1. The predicted octanol–water partition coefficient (Wildman–Crippen LogP) is 4.81. The van der Waals surface area contributed by atoms with E-state index in [1.165, 1.54) is 12.8 Å². The number of para-hydroxylation sites is 3. The van der Waals surface area contributed by atoms with Crippen LogP contribution in [-0.4, -0.2) is 16.8 Å². The van der Waals surface area contributed by atoms with Gasteiger partial charge in [0.1, 0.15) is 18.1 Å². The third-order valence-corrected chi connectivity index (χ3v) is 4.10. The number of anilines is 1. The number of nitrogen functional groups attached to an aromatic ring is 1. The van der Waals surface area contributed by atoms with Crippen LogP contribution >= 0.6 is 0 Å². The van der Waals surface area contributed by atoms with Gasteiger partial charge >= 0.3 is 0 Å². The fraction of sp³-hybridized carbons (Fsp3) is 0.286. The van der Waals surface area contributed by atoms with E-state index in [4.69, 9.17) is 15.2 Å². The molecule has 0 aliphatic heterocycles. The number of unbranched alkanes of at least 4 members (excludes halogenated alkanes) is 2. The highest BCUT2D eigenvalue weighted by atomic mass is 16.5. The first-order chi connectivity index (χ1) is 12.8. The number of nitrogens with zero attached hydrogens (tertiary/aromatic N) is 1. The highest BCUT2D eigenvalue weighted by Gasteiger charge is 2.10. The molecule has 5 nitrogen and oxygen atoms in total. The summed E-state index contributed by atoms with van der Waals surface area (Å²) in [5.74, 6) is 1.53. The van der Waals surface area contributed by atoms with E-state index in [0.29, 0.717) is 18.0 Å². The van der Waals surface area contributed by atoms with Crippen LogP contribution in [0.15, 0.2) is 54.6 Å². The molecule has 136 valence electrons. The van der Waals surface area contributed by atoms with Gasteiger partial charge in [-0.05, 0) is 36.8 Å². The molecule has 1 heterocycles. The Morgan fingerprint density at radius 3 is 2.54 bits per heavy atom. The van der Waals surface area contributed by atoms with Crippen LogP contribution in [0.3, 0.4) is 0 Å². The Labute approximate surface area is 154 Å². The van der Waals surface area contributed by atoms with E-state index in [2.05, 4.69) is 17.1 Å². The van der Waals surface area contributed by atoms with Gasteiger partial charge in [-0.3, -0.25) is 5.10 Å². The second-order valence-electron chi connectivity index (χ2n) is 6.16. The Morgan fingerprint density at radius 1 is 0.962 bits per heavy atom. The Balaban J connectivity index is 1.67. The van der Waals surface area contributed by atoms with E-state index in [1.807, 2.05) is 54.6 Å². The van der Waals surface area contributed by atoms with Gasteiger partial charge in [0.05, 0.1) is 23.7 Å². The van der Waals surface area contributed by atoms with Crippen molar-refractivity contribution >= 4 is 5.69 Å². The average Bonchev–Trinajstić information content (AvgIpc) is 3.14. The molecule has 0 unspecified atom stereocenters. The average molecular weight is 351 g/mol. The number of ether oxygens (including phenoxy) is 2. The van der Waals surface area contributed by atoms with Gasteiger partial charge in [0.2, 0.25) is 0 Å². The highest BCUT2D eigenvalue weighted by Crippen LogP contribution is 2.29. The van der Waals surface area contributed by atoms with Crippen molar-refractivity contribution < 1.29 is 9.47 Å². The van der Waals surface area contributed by atoms with Gasteiger partial charge in [0.25, 0.3) is 0 Å². The number of aromatic amines is 1. The van der Waals surface area contributed by atoms with Gasteiger partial charge in [0.15, 0.2) is 0 Å². The smallest absolute Gasteiger partial charge is 0.142 e. The van der Waals surface area contributed by atoms with Gasteiger partial charge in [-0.15, -0.1) is 0 Å². The first-order valence-corrected chi connectivity index (χ1v) is 9.01. The molecule has 0 bridgehead atoms. The lowest BCUT2D eigenvalue weighted by Gasteiger charge is -2.09. The fourth-order valence-electron chi connectivity index (χ4n) is 2.68. The van der Waals surface area contributed by atoms with Gasteiger partial charge < -0.3 is 15.2 Å². The zero-order valence-electron chi connectivity index (χ0n) is 15.1. The Kier molecular flexibility index (Phi) is 6.14. The van der Waals surface area contributed by atoms with E-state index in [0.717, 1.165) is 35.7 Å². The number of benzene rings is 2. The van der Waals surface area contributed by atoms with Crippen molar-refractivity contribution in [2.24, 2.45) is 0 Å². The van der Waals surface area contributed by atoms with Gasteiger partial charge in [0, 0.05) is 5.56 Å². The topological polar surface area (TPSA) is 73.2 Å². The summed E-state index contributed by atoms with van der Waals surface area (Å²) in [6, 6.07) is 17.4. The summed E-state index contributed by atoms with van der Waals surface area (Å²) in [7, 11) is 0. The summed E-state index contributed by atoms with van der Waals surface area (Å²) in [5, 5.41) is 7.44. The third-order valence-electron chi connectivity index (χ3n) is 4.10. The summed E-state index contributed by atoms with van der Waals surface area (Å²) in [4.78, 5) is 0. The van der Waals surface area contributed by atoms with E-state index in [1.54, 1.807) is 0 Å². The molecule has 3 rings (SSSR count). The standard InChI is InChI=1S/C21H25N3O2/c1-2-3-8-13-25-20-11-6-4-9-17(20)19-14-16(23-24-19)15-26-21-12-7-5-10-18(21)22/h4-7,9-12,14H,2-3,8,13,15,22H2,1H3,(H,23,24). The molecule has 0 saturated heterocycles. The van der Waals surface area contributed by atoms with Crippen LogP contribution in [0.4, 0.5) is 5.69 Å². The largest absolute Gasteiger partial charge is 0.493 e. The van der Waals surface area contributed by atoms with E-state index in [-0.39, 0.29) is 0 Å². The molecule has 0 radical (unpaired) electrons. The van der Waals surface area contributed by atoms with Crippen LogP contribution in [0.5, 0.6) is 11.5 Å². The monoisotopic (exact) mass is 351 g/mol. The summed E-state index contributed by atoms with van der Waals surface area (Å²) in [5.41, 5.74) is 9.22. The normalized spacial score (nSPS) is 10.7. The van der Waals surface area contributed by atoms with E-state index < -0.39 is 0 Å². The number of aromatic nitrogens is 2. The molecule has 0 fully saturated rings. The van der Waals surface area contributed by atoms with E-state index in [9.17, 15) is 0 Å². The first-order valence-electron chi connectivity index (χ1n) is 9.01. The first kappa shape index (κ1) is 17.9. The van der Waals surface area contributed by atoms with Crippen LogP contribution in [-0.2, 0) is 6.61 Å². The maximum atomic E-state index is 5.95. The second kappa shape index (κ2) is 8.94. The summed E-state index contributed by atoms with van der Waals surface area (Å²) in [6.07, 6.45) is 3.41. The maximum Gasteiger partial charge on any atom is 0.142 e. The van der Waals surface area contributed by atoms with Crippen LogP contribution < -0.4 is 15.2 Å². The molecule has 5 heteroatoms. The molecule has 0 saturated carbocycles. The van der Waals surface area contributed by atoms with Crippen LogP contribution in [0.2, 0.25) is 0 Å². The summed E-state index contributed by atoms with van der Waals surface area (Å²) >= 11 is 0. The molecule has 26 heavy (non-hydrogen) atoms. The van der Waals surface area contributed by atoms with E-state index >= 15 is 0 Å². The van der Waals surface area contributed by atoms with Gasteiger partial charge in [-0.1, -0.05) is 44.0 Å². The van der Waals surface area contributed by atoms with Crippen molar-refractivity contribution in [2.75, 3.05) is 12.3 Å². The molecule has 1 aromatic heterocycles. The lowest BCUT2D eigenvalue weighted by atomic mass is 10.1. The van der Waals surface area contributed by atoms with Crippen LogP contribution in [0, 0.1) is 0 Å². The van der Waals surface area contributed by atoms with Crippen molar-refractivity contribution in [2.45, 2.75) is 32.8 Å². The minimum atomic E-state index is 0.376. The predicted molar refractivity (Wildman–Crippen MR) is 104 cm³/mol. The Bertz CT molecular complexity index is 829. The molecule has 3 N–H and O–H groups in total. The molecule has 0 amide bonds. The van der Waals surface area contributed by atoms with Crippen LogP contribution in [0.25, 0.3) is 11.3 Å². The Hall–Kier alpha value is -2.95. The number of hydrogen-bond donors (Lipinski definition) is 2. The second-order valence-corrected chi connectivity index (χ2v) is 6.16. The van der Waals surface area contributed by atoms with Crippen LogP contribution in [0.1, 0.15) is 31.9 Å². The summed E-state index contributed by atoms with van der Waals surface area (Å²) < 4.78 is 11.7. The molecule has 0 spiro atoms. The lowest BCUT2D eigenvalue weighted by Crippen LogP contribution is -1.98. The minimum Gasteiger partial charge on any atom is -0.493 e. The maximum absolute atomic E-state index is 5.95. The van der Waals surface area contributed by atoms with Crippen molar-refractivity contribution in [3.05, 3.63) is 60.3 Å². The molecular formula is C21H25N3O2.